The molecule has 0 bridgehead atoms. The Kier molecular flexibility index (Phi) is 5.19. The van der Waals surface area contributed by atoms with Crippen LogP contribution in [0.5, 0.6) is 0 Å². The van der Waals surface area contributed by atoms with E-state index in [1.165, 1.54) is 12.1 Å². The van der Waals surface area contributed by atoms with Crippen LogP contribution in [0, 0.1) is 5.82 Å². The summed E-state index contributed by atoms with van der Waals surface area (Å²) in [6.45, 7) is 0.925. The van der Waals surface area contributed by atoms with Gasteiger partial charge in [0.15, 0.2) is 0 Å². The summed E-state index contributed by atoms with van der Waals surface area (Å²) in [4.78, 5) is 2.67. The molecule has 0 heterocycles. The Morgan fingerprint density at radius 1 is 1.31 bits per heavy atom. The predicted octanol–water partition coefficient (Wildman–Crippen LogP) is 2.72. The lowest BCUT2D eigenvalue weighted by Crippen LogP contribution is -2.19. The van der Waals surface area contributed by atoms with Crippen LogP contribution in [-0.4, -0.2) is 18.6 Å². The third-order valence-electron chi connectivity index (χ3n) is 2.43. The van der Waals surface area contributed by atoms with E-state index in [0.717, 1.165) is 31.5 Å². The van der Waals surface area contributed by atoms with E-state index in [9.17, 15) is 4.39 Å². The van der Waals surface area contributed by atoms with Crippen LogP contribution in [0.25, 0.3) is 0 Å². The first kappa shape index (κ1) is 12.9. The molecule has 0 saturated carbocycles. The second-order valence-electron chi connectivity index (χ2n) is 3.82. The van der Waals surface area contributed by atoms with E-state index < -0.39 is 0 Å². The van der Waals surface area contributed by atoms with Crippen LogP contribution in [0.15, 0.2) is 24.3 Å². The van der Waals surface area contributed by atoms with Crippen LogP contribution in [0.3, 0.4) is 0 Å². The summed E-state index contributed by atoms with van der Waals surface area (Å²) in [5.41, 5.74) is 6.44. The summed E-state index contributed by atoms with van der Waals surface area (Å²) >= 11 is 4.80. The molecule has 1 aromatic carbocycles. The molecule has 1 aromatic rings. The summed E-state index contributed by atoms with van der Waals surface area (Å²) < 4.78 is 12.7. The van der Waals surface area contributed by atoms with E-state index in [2.05, 4.69) is 4.90 Å². The molecule has 0 amide bonds. The van der Waals surface area contributed by atoms with E-state index in [4.69, 9.17) is 18.0 Å². The molecule has 0 radical (unpaired) electrons. The summed E-state index contributed by atoms with van der Waals surface area (Å²) in [5.74, 6) is -0.203. The van der Waals surface area contributed by atoms with Crippen LogP contribution in [-0.2, 0) is 0 Å². The van der Waals surface area contributed by atoms with Crippen LogP contribution in [0.2, 0.25) is 0 Å². The van der Waals surface area contributed by atoms with E-state index in [-0.39, 0.29) is 5.82 Å². The van der Waals surface area contributed by atoms with Crippen molar-refractivity contribution in [1.29, 1.82) is 0 Å². The Bertz CT molecular complexity index is 337. The standard InChI is InChI=1S/C12H17FN2S/c1-15(9-3-2-4-12(14)16)11-7-5-10(13)6-8-11/h5-8H,2-4,9H2,1H3,(H2,14,16). The molecule has 0 aliphatic carbocycles. The van der Waals surface area contributed by atoms with Crippen molar-refractivity contribution in [3.8, 4) is 0 Å². The number of thiocarbonyl (C=S) groups is 1. The van der Waals surface area contributed by atoms with Gasteiger partial charge in [0.2, 0.25) is 0 Å². The predicted molar refractivity (Wildman–Crippen MR) is 70.3 cm³/mol. The second kappa shape index (κ2) is 6.43. The number of hydrogen-bond donors (Lipinski definition) is 1. The quantitative estimate of drug-likeness (QED) is 0.612. The highest BCUT2D eigenvalue weighted by Gasteiger charge is 2.00. The van der Waals surface area contributed by atoms with Crippen LogP contribution in [0.1, 0.15) is 19.3 Å². The summed E-state index contributed by atoms with van der Waals surface area (Å²) in [6, 6.07) is 6.51. The van der Waals surface area contributed by atoms with Crippen molar-refractivity contribution in [3.05, 3.63) is 30.1 Å². The van der Waals surface area contributed by atoms with Crippen LogP contribution >= 0.6 is 12.2 Å². The minimum Gasteiger partial charge on any atom is -0.393 e. The molecule has 0 aliphatic rings. The van der Waals surface area contributed by atoms with Crippen molar-refractivity contribution in [1.82, 2.24) is 0 Å². The van der Waals surface area contributed by atoms with E-state index >= 15 is 0 Å². The van der Waals surface area contributed by atoms with Gasteiger partial charge < -0.3 is 10.6 Å². The van der Waals surface area contributed by atoms with Crippen LogP contribution in [0.4, 0.5) is 10.1 Å². The maximum Gasteiger partial charge on any atom is 0.123 e. The summed E-state index contributed by atoms with van der Waals surface area (Å²) in [5, 5.41) is 0. The van der Waals surface area contributed by atoms with Gasteiger partial charge in [-0.3, -0.25) is 0 Å². The zero-order chi connectivity index (χ0) is 12.0. The molecule has 2 N–H and O–H groups in total. The van der Waals surface area contributed by atoms with E-state index in [1.807, 2.05) is 7.05 Å². The lowest BCUT2D eigenvalue weighted by molar-refractivity contribution is 0.627. The molecule has 4 heteroatoms. The first-order valence-corrected chi connectivity index (χ1v) is 5.75. The first-order chi connectivity index (χ1) is 7.59. The van der Waals surface area contributed by atoms with Gasteiger partial charge in [0.1, 0.15) is 5.82 Å². The van der Waals surface area contributed by atoms with Gasteiger partial charge in [-0.1, -0.05) is 12.2 Å². The molecule has 88 valence electrons. The third kappa shape index (κ3) is 4.57. The smallest absolute Gasteiger partial charge is 0.123 e. The van der Waals surface area contributed by atoms with Gasteiger partial charge in [-0.15, -0.1) is 0 Å². The van der Waals surface area contributed by atoms with Crippen molar-refractivity contribution < 1.29 is 4.39 Å². The Hall–Kier alpha value is -1.16. The minimum absolute atomic E-state index is 0.203. The Balaban J connectivity index is 2.32. The molecule has 0 fully saturated rings. The zero-order valence-electron chi connectivity index (χ0n) is 9.45. The van der Waals surface area contributed by atoms with Gasteiger partial charge in [0.05, 0.1) is 4.99 Å². The highest BCUT2D eigenvalue weighted by atomic mass is 32.1. The molecule has 0 aliphatic heterocycles. The molecule has 0 aromatic heterocycles. The average Bonchev–Trinajstić information content (AvgIpc) is 2.25. The maximum atomic E-state index is 12.7. The van der Waals surface area contributed by atoms with Crippen LogP contribution < -0.4 is 10.6 Å². The minimum atomic E-state index is -0.203. The van der Waals surface area contributed by atoms with Gasteiger partial charge in [0.25, 0.3) is 0 Å². The molecule has 0 atom stereocenters. The summed E-state index contributed by atoms with van der Waals surface area (Å²) in [7, 11) is 1.99. The molecular weight excluding hydrogens is 223 g/mol. The molecule has 0 unspecified atom stereocenters. The Morgan fingerprint density at radius 3 is 2.50 bits per heavy atom. The summed E-state index contributed by atoms with van der Waals surface area (Å²) in [6.07, 6.45) is 2.83. The third-order valence-corrected chi connectivity index (χ3v) is 2.64. The normalized spacial score (nSPS) is 10.1. The Labute approximate surface area is 101 Å². The fourth-order valence-corrected chi connectivity index (χ4v) is 1.62. The van der Waals surface area contributed by atoms with Gasteiger partial charge in [-0.2, -0.15) is 0 Å². The lowest BCUT2D eigenvalue weighted by Gasteiger charge is -2.18. The van der Waals surface area contributed by atoms with Crippen molar-refractivity contribution >= 4 is 22.9 Å². The Morgan fingerprint density at radius 2 is 1.94 bits per heavy atom. The first-order valence-electron chi connectivity index (χ1n) is 5.34. The SMILES string of the molecule is CN(CCCCC(N)=S)c1ccc(F)cc1. The fraction of sp³-hybridized carbons (Fsp3) is 0.417. The molecule has 2 nitrogen and oxygen atoms in total. The zero-order valence-corrected chi connectivity index (χ0v) is 10.3. The van der Waals surface area contributed by atoms with Gasteiger partial charge >= 0.3 is 0 Å². The number of nitrogens with two attached hydrogens (primary N) is 1. The second-order valence-corrected chi connectivity index (χ2v) is 4.35. The number of nitrogens with zero attached hydrogens (tertiary/aromatic N) is 1. The van der Waals surface area contributed by atoms with Crippen molar-refractivity contribution in [3.63, 3.8) is 0 Å². The number of anilines is 1. The van der Waals surface area contributed by atoms with E-state index in [1.54, 1.807) is 12.1 Å². The highest BCUT2D eigenvalue weighted by Crippen LogP contribution is 2.13. The molecule has 16 heavy (non-hydrogen) atoms. The fourth-order valence-electron chi connectivity index (χ4n) is 1.47. The van der Waals surface area contributed by atoms with Gasteiger partial charge in [-0.25, -0.2) is 4.39 Å². The maximum absolute atomic E-state index is 12.7. The number of rotatable bonds is 6. The largest absolute Gasteiger partial charge is 0.393 e. The average molecular weight is 240 g/mol. The molecular formula is C12H17FN2S. The molecule has 1 rings (SSSR count). The van der Waals surface area contributed by atoms with Crippen molar-refractivity contribution in [2.45, 2.75) is 19.3 Å². The number of hydrogen-bond acceptors (Lipinski definition) is 2. The topological polar surface area (TPSA) is 29.3 Å². The van der Waals surface area contributed by atoms with Gasteiger partial charge in [-0.05, 0) is 43.5 Å². The number of unbranched alkanes of at least 4 members (excludes halogenated alkanes) is 1. The highest BCUT2D eigenvalue weighted by molar-refractivity contribution is 7.80. The number of halogens is 1. The number of benzene rings is 1. The van der Waals surface area contributed by atoms with Crippen molar-refractivity contribution in [2.24, 2.45) is 5.73 Å². The van der Waals surface area contributed by atoms with Crippen molar-refractivity contribution in [2.75, 3.05) is 18.5 Å². The van der Waals surface area contributed by atoms with Gasteiger partial charge in [0, 0.05) is 19.3 Å². The monoisotopic (exact) mass is 240 g/mol. The molecule has 0 spiro atoms. The van der Waals surface area contributed by atoms with E-state index in [0.29, 0.717) is 4.99 Å². The molecule has 0 saturated heterocycles. The lowest BCUT2D eigenvalue weighted by atomic mass is 10.2.